The van der Waals surface area contributed by atoms with Crippen molar-refractivity contribution in [3.8, 4) is 0 Å². The van der Waals surface area contributed by atoms with Crippen LogP contribution in [0.4, 0.5) is 0 Å². The Morgan fingerprint density at radius 2 is 1.91 bits per heavy atom. The SMILES string of the molecule is O=C(O)c1ccccc1Cl.[Na]. The zero-order chi connectivity index (χ0) is 7.56. The van der Waals surface area contributed by atoms with Crippen LogP contribution in [-0.2, 0) is 0 Å². The Morgan fingerprint density at radius 3 is 2.27 bits per heavy atom. The Balaban J connectivity index is 0.000001000. The third-order valence-electron chi connectivity index (χ3n) is 1.10. The zero-order valence-electron chi connectivity index (χ0n) is 6.04. The second-order valence-corrected chi connectivity index (χ2v) is 2.19. The minimum Gasteiger partial charge on any atom is -0.478 e. The smallest absolute Gasteiger partial charge is 0.337 e. The summed E-state index contributed by atoms with van der Waals surface area (Å²) in [6.07, 6.45) is 0. The van der Waals surface area contributed by atoms with Crippen molar-refractivity contribution in [1.29, 1.82) is 0 Å². The largest absolute Gasteiger partial charge is 0.478 e. The first-order chi connectivity index (χ1) is 4.72. The maximum absolute atomic E-state index is 10.3. The monoisotopic (exact) mass is 179 g/mol. The van der Waals surface area contributed by atoms with Crippen molar-refractivity contribution in [3.63, 3.8) is 0 Å². The van der Waals surface area contributed by atoms with E-state index in [9.17, 15) is 4.79 Å². The molecule has 0 amide bonds. The zero-order valence-corrected chi connectivity index (χ0v) is 8.80. The Hall–Kier alpha value is -0.0200. The van der Waals surface area contributed by atoms with Gasteiger partial charge in [-0.15, -0.1) is 0 Å². The molecule has 1 radical (unpaired) electrons. The predicted octanol–water partition coefficient (Wildman–Crippen LogP) is 1.66. The van der Waals surface area contributed by atoms with Crippen LogP contribution < -0.4 is 0 Å². The molecule has 1 aromatic carbocycles. The Kier molecular flexibility index (Phi) is 4.77. The van der Waals surface area contributed by atoms with E-state index in [0.717, 1.165) is 0 Å². The van der Waals surface area contributed by atoms with Crippen molar-refractivity contribution in [1.82, 2.24) is 0 Å². The minimum atomic E-state index is -0.995. The first-order valence-electron chi connectivity index (χ1n) is 2.69. The van der Waals surface area contributed by atoms with Gasteiger partial charge in [0.25, 0.3) is 0 Å². The molecule has 53 valence electrons. The van der Waals surface area contributed by atoms with E-state index in [1.807, 2.05) is 0 Å². The summed E-state index contributed by atoms with van der Waals surface area (Å²) < 4.78 is 0. The third kappa shape index (κ3) is 2.83. The molecule has 0 aromatic heterocycles. The molecule has 0 aliphatic carbocycles. The van der Waals surface area contributed by atoms with Gasteiger partial charge in [-0.05, 0) is 12.1 Å². The second-order valence-electron chi connectivity index (χ2n) is 1.78. The van der Waals surface area contributed by atoms with E-state index >= 15 is 0 Å². The first kappa shape index (κ1) is 11.0. The second kappa shape index (κ2) is 4.78. The van der Waals surface area contributed by atoms with Crippen molar-refractivity contribution < 1.29 is 9.90 Å². The van der Waals surface area contributed by atoms with Gasteiger partial charge < -0.3 is 5.11 Å². The van der Waals surface area contributed by atoms with Crippen LogP contribution in [0.3, 0.4) is 0 Å². The van der Waals surface area contributed by atoms with E-state index < -0.39 is 5.97 Å². The normalized spacial score (nSPS) is 8.45. The fourth-order valence-corrected chi connectivity index (χ4v) is 0.851. The van der Waals surface area contributed by atoms with Gasteiger partial charge in [-0.3, -0.25) is 0 Å². The van der Waals surface area contributed by atoms with E-state index in [4.69, 9.17) is 16.7 Å². The summed E-state index contributed by atoms with van der Waals surface area (Å²) in [5.41, 5.74) is 0.143. The van der Waals surface area contributed by atoms with Crippen LogP contribution in [0.2, 0.25) is 5.02 Å². The number of rotatable bonds is 1. The molecule has 0 heterocycles. The topological polar surface area (TPSA) is 37.3 Å². The van der Waals surface area contributed by atoms with Crippen LogP contribution in [0, 0.1) is 0 Å². The fourth-order valence-electron chi connectivity index (χ4n) is 0.635. The molecule has 1 rings (SSSR count). The summed E-state index contributed by atoms with van der Waals surface area (Å²) >= 11 is 5.54. The quantitative estimate of drug-likeness (QED) is 0.666. The van der Waals surface area contributed by atoms with Gasteiger partial charge in [-0.25, -0.2) is 4.79 Å². The molecule has 0 bridgehead atoms. The Morgan fingerprint density at radius 1 is 1.36 bits per heavy atom. The number of carboxylic acids is 1. The molecule has 0 spiro atoms. The van der Waals surface area contributed by atoms with Crippen molar-refractivity contribution in [3.05, 3.63) is 34.9 Å². The molecule has 0 unspecified atom stereocenters. The Labute approximate surface area is 91.5 Å². The molecule has 0 fully saturated rings. The number of aromatic carboxylic acids is 1. The van der Waals surface area contributed by atoms with Crippen molar-refractivity contribution in [2.75, 3.05) is 0 Å². The van der Waals surface area contributed by atoms with E-state index in [2.05, 4.69) is 0 Å². The maximum atomic E-state index is 10.3. The van der Waals surface area contributed by atoms with E-state index in [1.54, 1.807) is 18.2 Å². The summed E-state index contributed by atoms with van der Waals surface area (Å²) in [5.74, 6) is -0.995. The molecule has 1 N–H and O–H groups in total. The van der Waals surface area contributed by atoms with Gasteiger partial charge in [0.1, 0.15) is 0 Å². The van der Waals surface area contributed by atoms with Gasteiger partial charge in [0, 0.05) is 29.6 Å². The van der Waals surface area contributed by atoms with Gasteiger partial charge in [-0.1, -0.05) is 23.7 Å². The van der Waals surface area contributed by atoms with Crippen molar-refractivity contribution in [2.24, 2.45) is 0 Å². The van der Waals surface area contributed by atoms with Crippen molar-refractivity contribution >= 4 is 47.1 Å². The average molecular weight is 180 g/mol. The van der Waals surface area contributed by atoms with Gasteiger partial charge in [0.05, 0.1) is 10.6 Å². The predicted molar refractivity (Wildman–Crippen MR) is 44.2 cm³/mol. The van der Waals surface area contributed by atoms with Crippen LogP contribution >= 0.6 is 11.6 Å². The molecular formula is C7H5ClNaO2. The van der Waals surface area contributed by atoms with Gasteiger partial charge in [-0.2, -0.15) is 0 Å². The number of hydrogen-bond acceptors (Lipinski definition) is 1. The third-order valence-corrected chi connectivity index (χ3v) is 1.43. The minimum absolute atomic E-state index is 0. The van der Waals surface area contributed by atoms with Crippen molar-refractivity contribution in [2.45, 2.75) is 0 Å². The molecule has 0 saturated carbocycles. The van der Waals surface area contributed by atoms with Crippen LogP contribution in [0.15, 0.2) is 24.3 Å². The van der Waals surface area contributed by atoms with E-state index in [0.29, 0.717) is 0 Å². The summed E-state index contributed by atoms with van der Waals surface area (Å²) in [6, 6.07) is 6.33. The molecule has 0 aliphatic rings. The summed E-state index contributed by atoms with van der Waals surface area (Å²) in [7, 11) is 0. The van der Waals surface area contributed by atoms with Crippen LogP contribution in [0.1, 0.15) is 10.4 Å². The average Bonchev–Trinajstić information content (AvgIpc) is 1.88. The van der Waals surface area contributed by atoms with Crippen LogP contribution in [0.25, 0.3) is 0 Å². The molecule has 0 atom stereocenters. The molecule has 2 nitrogen and oxygen atoms in total. The summed E-state index contributed by atoms with van der Waals surface area (Å²) in [4.78, 5) is 10.3. The van der Waals surface area contributed by atoms with Crippen LogP contribution in [-0.4, -0.2) is 40.6 Å². The summed E-state index contributed by atoms with van der Waals surface area (Å²) in [5, 5.41) is 8.75. The fraction of sp³-hybridized carbons (Fsp3) is 0. The number of carbonyl (C=O) groups is 1. The van der Waals surface area contributed by atoms with Gasteiger partial charge >= 0.3 is 5.97 Å². The number of hydrogen-bond donors (Lipinski definition) is 1. The van der Waals surface area contributed by atoms with Crippen LogP contribution in [0.5, 0.6) is 0 Å². The number of carboxylic acid groups (broad SMARTS) is 1. The molecule has 0 saturated heterocycles. The van der Waals surface area contributed by atoms with Gasteiger partial charge in [0.15, 0.2) is 0 Å². The standard InChI is InChI=1S/C7H5ClO2.Na/c8-6-4-2-1-3-5(6)7(9)10;/h1-4H,(H,9,10);. The van der Waals surface area contributed by atoms with E-state index in [-0.39, 0.29) is 40.1 Å². The molecule has 1 aromatic rings. The van der Waals surface area contributed by atoms with Gasteiger partial charge in [0.2, 0.25) is 0 Å². The van der Waals surface area contributed by atoms with E-state index in [1.165, 1.54) is 6.07 Å². The number of benzene rings is 1. The Bertz CT molecular complexity index is 262. The molecule has 4 heteroatoms. The number of halogens is 1. The first-order valence-corrected chi connectivity index (χ1v) is 3.07. The molecular weight excluding hydrogens is 175 g/mol. The molecule has 11 heavy (non-hydrogen) atoms. The maximum Gasteiger partial charge on any atom is 0.337 e. The molecule has 0 aliphatic heterocycles. The summed E-state index contributed by atoms with van der Waals surface area (Å²) in [6.45, 7) is 0.